The summed E-state index contributed by atoms with van der Waals surface area (Å²) in [5.74, 6) is 0.934. The highest BCUT2D eigenvalue weighted by molar-refractivity contribution is 14.1. The monoisotopic (exact) mass is 355 g/mol. The van der Waals surface area contributed by atoms with E-state index in [9.17, 15) is 4.79 Å². The van der Waals surface area contributed by atoms with Crippen LogP contribution >= 0.6 is 22.6 Å². The first-order chi connectivity index (χ1) is 8.58. The molecular weight excluding hydrogens is 341 g/mol. The minimum atomic E-state index is -0.0619. The molecular formula is C13H14IN3O. The molecule has 0 fully saturated rings. The van der Waals surface area contributed by atoms with E-state index >= 15 is 0 Å². The lowest BCUT2D eigenvalue weighted by atomic mass is 10.1. The molecule has 0 spiro atoms. The zero-order valence-corrected chi connectivity index (χ0v) is 12.4. The minimum Gasteiger partial charge on any atom is -0.309 e. The highest BCUT2D eigenvalue weighted by Crippen LogP contribution is 2.16. The van der Waals surface area contributed by atoms with Crippen molar-refractivity contribution in [3.63, 3.8) is 0 Å². The van der Waals surface area contributed by atoms with Gasteiger partial charge in [-0.3, -0.25) is 9.78 Å². The average molecular weight is 355 g/mol. The second-order valence-electron chi connectivity index (χ2n) is 4.40. The fraction of sp³-hybridized carbons (Fsp3) is 0.308. The van der Waals surface area contributed by atoms with E-state index in [4.69, 9.17) is 0 Å². The molecule has 2 rings (SSSR count). The fourth-order valence-corrected chi connectivity index (χ4v) is 2.57. The third kappa shape index (κ3) is 2.95. The number of nitrogens with one attached hydrogen (secondary N) is 1. The Balaban J connectivity index is 2.38. The SMILES string of the molecule is CC(C)c1nc(Cc2cccnc2)[nH]c(=O)c1I. The van der Waals surface area contributed by atoms with Crippen molar-refractivity contribution in [3.8, 4) is 0 Å². The van der Waals surface area contributed by atoms with Gasteiger partial charge in [0.05, 0.1) is 9.26 Å². The molecule has 0 saturated carbocycles. The van der Waals surface area contributed by atoms with Crippen molar-refractivity contribution < 1.29 is 0 Å². The molecule has 0 aromatic carbocycles. The van der Waals surface area contributed by atoms with Crippen LogP contribution in [0.2, 0.25) is 0 Å². The second kappa shape index (κ2) is 5.60. The second-order valence-corrected chi connectivity index (χ2v) is 5.48. The highest BCUT2D eigenvalue weighted by atomic mass is 127. The molecule has 2 aromatic heterocycles. The van der Waals surface area contributed by atoms with Crippen LogP contribution in [0.15, 0.2) is 29.3 Å². The zero-order valence-electron chi connectivity index (χ0n) is 10.3. The number of hydrogen-bond donors (Lipinski definition) is 1. The first-order valence-electron chi connectivity index (χ1n) is 5.75. The third-order valence-electron chi connectivity index (χ3n) is 2.58. The predicted octanol–water partition coefficient (Wildman–Crippen LogP) is 2.48. The van der Waals surface area contributed by atoms with Gasteiger partial charge in [-0.2, -0.15) is 0 Å². The Morgan fingerprint density at radius 3 is 2.83 bits per heavy atom. The van der Waals surface area contributed by atoms with Crippen LogP contribution in [0.5, 0.6) is 0 Å². The lowest BCUT2D eigenvalue weighted by Gasteiger charge is -2.09. The van der Waals surface area contributed by atoms with Crippen LogP contribution in [0, 0.1) is 3.57 Å². The van der Waals surface area contributed by atoms with Crippen LogP contribution in [-0.2, 0) is 6.42 Å². The van der Waals surface area contributed by atoms with Crippen LogP contribution in [0.1, 0.15) is 36.8 Å². The van der Waals surface area contributed by atoms with Crippen molar-refractivity contribution >= 4 is 22.6 Å². The molecule has 2 heterocycles. The number of pyridine rings is 1. The molecule has 5 heteroatoms. The van der Waals surface area contributed by atoms with Gasteiger partial charge < -0.3 is 4.98 Å². The maximum Gasteiger partial charge on any atom is 0.264 e. The van der Waals surface area contributed by atoms with E-state index in [0.29, 0.717) is 15.8 Å². The van der Waals surface area contributed by atoms with E-state index in [-0.39, 0.29) is 11.5 Å². The predicted molar refractivity (Wildman–Crippen MR) is 78.7 cm³/mol. The minimum absolute atomic E-state index is 0.0619. The summed E-state index contributed by atoms with van der Waals surface area (Å²) >= 11 is 2.05. The van der Waals surface area contributed by atoms with E-state index in [1.807, 2.05) is 48.6 Å². The van der Waals surface area contributed by atoms with Crippen molar-refractivity contribution in [2.45, 2.75) is 26.2 Å². The Kier molecular flexibility index (Phi) is 4.11. The number of halogens is 1. The van der Waals surface area contributed by atoms with E-state index < -0.39 is 0 Å². The van der Waals surface area contributed by atoms with Crippen LogP contribution in [0.4, 0.5) is 0 Å². The molecule has 4 nitrogen and oxygen atoms in total. The van der Waals surface area contributed by atoms with Crippen LogP contribution < -0.4 is 5.56 Å². The Labute approximate surface area is 119 Å². The third-order valence-corrected chi connectivity index (χ3v) is 3.62. The standard InChI is InChI=1S/C13H14IN3O/c1-8(2)12-11(14)13(18)17-10(16-12)6-9-4-3-5-15-7-9/h3-5,7-8H,6H2,1-2H3,(H,16,17,18). The number of H-pyrrole nitrogens is 1. The molecule has 94 valence electrons. The molecule has 0 saturated heterocycles. The Hall–Kier alpha value is -1.24. The van der Waals surface area contributed by atoms with Crippen molar-refractivity contribution in [2.75, 3.05) is 0 Å². The quantitative estimate of drug-likeness (QED) is 0.861. The zero-order chi connectivity index (χ0) is 13.1. The maximum absolute atomic E-state index is 11.8. The molecule has 0 atom stereocenters. The topological polar surface area (TPSA) is 58.6 Å². The summed E-state index contributed by atoms with van der Waals surface area (Å²) < 4.78 is 0.678. The molecule has 2 aromatic rings. The van der Waals surface area contributed by atoms with Crippen LogP contribution in [0.25, 0.3) is 0 Å². The normalized spacial score (nSPS) is 10.9. The Morgan fingerprint density at radius 2 is 2.22 bits per heavy atom. The van der Waals surface area contributed by atoms with E-state index in [1.54, 1.807) is 12.4 Å². The summed E-state index contributed by atoms with van der Waals surface area (Å²) in [5.41, 5.74) is 1.84. The maximum atomic E-state index is 11.8. The number of nitrogens with zero attached hydrogens (tertiary/aromatic N) is 2. The number of rotatable bonds is 3. The van der Waals surface area contributed by atoms with Gasteiger partial charge in [0.25, 0.3) is 5.56 Å². The number of aromatic nitrogens is 3. The van der Waals surface area contributed by atoms with E-state index in [2.05, 4.69) is 15.0 Å². The molecule has 18 heavy (non-hydrogen) atoms. The number of hydrogen-bond acceptors (Lipinski definition) is 3. The van der Waals surface area contributed by atoms with E-state index in [0.717, 1.165) is 11.3 Å². The smallest absolute Gasteiger partial charge is 0.264 e. The summed E-state index contributed by atoms with van der Waals surface area (Å²) in [5, 5.41) is 0. The van der Waals surface area contributed by atoms with Gasteiger partial charge in [0, 0.05) is 18.8 Å². The molecule has 0 aliphatic carbocycles. The van der Waals surface area contributed by atoms with Crippen LogP contribution in [0.3, 0.4) is 0 Å². The van der Waals surface area contributed by atoms with Crippen molar-refractivity contribution in [2.24, 2.45) is 0 Å². The van der Waals surface area contributed by atoms with Crippen molar-refractivity contribution in [3.05, 3.63) is 55.5 Å². The molecule has 0 aliphatic rings. The fourth-order valence-electron chi connectivity index (χ4n) is 1.69. The largest absolute Gasteiger partial charge is 0.309 e. The molecule has 1 N–H and O–H groups in total. The van der Waals surface area contributed by atoms with E-state index in [1.165, 1.54) is 0 Å². The van der Waals surface area contributed by atoms with Gasteiger partial charge in [-0.15, -0.1) is 0 Å². The lowest BCUT2D eigenvalue weighted by Crippen LogP contribution is -2.19. The molecule has 0 unspecified atom stereocenters. The van der Waals surface area contributed by atoms with Gasteiger partial charge in [-0.05, 0) is 40.1 Å². The molecule has 0 bridgehead atoms. The first-order valence-corrected chi connectivity index (χ1v) is 6.83. The van der Waals surface area contributed by atoms with Crippen molar-refractivity contribution in [1.82, 2.24) is 15.0 Å². The summed E-state index contributed by atoms with van der Waals surface area (Å²) in [6, 6.07) is 3.85. The van der Waals surface area contributed by atoms with Gasteiger partial charge in [-0.1, -0.05) is 19.9 Å². The molecule has 0 amide bonds. The summed E-state index contributed by atoms with van der Waals surface area (Å²) in [4.78, 5) is 23.2. The Morgan fingerprint density at radius 1 is 1.44 bits per heavy atom. The van der Waals surface area contributed by atoms with Gasteiger partial charge >= 0.3 is 0 Å². The number of aromatic amines is 1. The van der Waals surface area contributed by atoms with Gasteiger partial charge in [0.2, 0.25) is 0 Å². The Bertz CT molecular complexity index is 593. The first kappa shape index (κ1) is 13.2. The van der Waals surface area contributed by atoms with Gasteiger partial charge in [0.15, 0.2) is 0 Å². The average Bonchev–Trinajstić information content (AvgIpc) is 2.34. The lowest BCUT2D eigenvalue weighted by molar-refractivity contribution is 0.774. The van der Waals surface area contributed by atoms with Gasteiger partial charge in [0.1, 0.15) is 5.82 Å². The highest BCUT2D eigenvalue weighted by Gasteiger charge is 2.12. The van der Waals surface area contributed by atoms with Gasteiger partial charge in [-0.25, -0.2) is 4.98 Å². The van der Waals surface area contributed by atoms with Crippen molar-refractivity contribution in [1.29, 1.82) is 0 Å². The molecule has 0 aliphatic heterocycles. The summed E-state index contributed by atoms with van der Waals surface area (Å²) in [6.45, 7) is 4.08. The molecule has 0 radical (unpaired) electrons. The summed E-state index contributed by atoms with van der Waals surface area (Å²) in [7, 11) is 0. The summed E-state index contributed by atoms with van der Waals surface area (Å²) in [6.07, 6.45) is 4.11. The van der Waals surface area contributed by atoms with Crippen LogP contribution in [-0.4, -0.2) is 15.0 Å².